The lowest BCUT2D eigenvalue weighted by molar-refractivity contribution is 0.0702. The van der Waals surface area contributed by atoms with Gasteiger partial charge in [-0.3, -0.25) is 0 Å². The van der Waals surface area contributed by atoms with Crippen LogP contribution in [0.25, 0.3) is 0 Å². The van der Waals surface area contributed by atoms with Crippen LogP contribution in [0.15, 0.2) is 20.9 Å². The number of nitrogens with zero attached hydrogens (tertiary/aromatic N) is 2. The summed E-state index contributed by atoms with van der Waals surface area (Å²) >= 11 is 0.842. The van der Waals surface area contributed by atoms with Gasteiger partial charge in [-0.25, -0.2) is 13.2 Å². The second kappa shape index (κ2) is 5.20. The zero-order valence-electron chi connectivity index (χ0n) is 11.4. The minimum absolute atomic E-state index is 0.0522. The number of sulfonamides is 1. The van der Waals surface area contributed by atoms with Crippen LogP contribution < -0.4 is 4.72 Å². The van der Waals surface area contributed by atoms with E-state index in [4.69, 9.17) is 9.63 Å². The Labute approximate surface area is 124 Å². The molecule has 0 spiro atoms. The first-order valence-electron chi connectivity index (χ1n) is 5.78. The Morgan fingerprint density at radius 3 is 2.62 bits per heavy atom. The fourth-order valence-corrected chi connectivity index (χ4v) is 4.05. The molecule has 0 saturated heterocycles. The van der Waals surface area contributed by atoms with Crippen molar-refractivity contribution in [2.45, 2.75) is 31.2 Å². The average molecular weight is 331 g/mol. The first-order valence-corrected chi connectivity index (χ1v) is 8.15. The van der Waals surface area contributed by atoms with Gasteiger partial charge in [0.25, 0.3) is 0 Å². The highest BCUT2D eigenvalue weighted by atomic mass is 32.2. The van der Waals surface area contributed by atoms with Gasteiger partial charge in [0.2, 0.25) is 15.9 Å². The van der Waals surface area contributed by atoms with Crippen LogP contribution in [0.1, 0.15) is 35.2 Å². The number of carboxylic acid groups (broad SMARTS) is 1. The molecular weight excluding hydrogens is 318 g/mol. The Kier molecular flexibility index (Phi) is 3.87. The number of carboxylic acids is 1. The van der Waals surface area contributed by atoms with Crippen molar-refractivity contribution in [3.63, 3.8) is 0 Å². The molecule has 10 heteroatoms. The zero-order valence-corrected chi connectivity index (χ0v) is 13.1. The van der Waals surface area contributed by atoms with E-state index in [1.54, 1.807) is 20.8 Å². The van der Waals surface area contributed by atoms with Crippen molar-refractivity contribution < 1.29 is 22.8 Å². The maximum absolute atomic E-state index is 12.3. The molecule has 0 aliphatic heterocycles. The van der Waals surface area contributed by atoms with Gasteiger partial charge in [0.1, 0.15) is 4.88 Å². The molecule has 2 aromatic heterocycles. The average Bonchev–Trinajstić information content (AvgIpc) is 2.95. The topological polar surface area (TPSA) is 122 Å². The molecule has 0 saturated carbocycles. The SMILES string of the molecule is Cc1nc(C(C)(C)NS(=O)(=O)c2csc(C(=O)O)c2)no1. The Hall–Kier alpha value is -1.78. The lowest BCUT2D eigenvalue weighted by Gasteiger charge is -2.21. The van der Waals surface area contributed by atoms with Crippen molar-refractivity contribution in [3.05, 3.63) is 28.0 Å². The number of hydrogen-bond donors (Lipinski definition) is 2. The Morgan fingerprint density at radius 1 is 1.48 bits per heavy atom. The van der Waals surface area contributed by atoms with E-state index in [0.29, 0.717) is 5.89 Å². The fraction of sp³-hybridized carbons (Fsp3) is 0.364. The quantitative estimate of drug-likeness (QED) is 0.847. The van der Waals surface area contributed by atoms with E-state index < -0.39 is 21.5 Å². The molecule has 2 heterocycles. The molecule has 2 rings (SSSR count). The number of thiophene rings is 1. The lowest BCUT2D eigenvalue weighted by Crippen LogP contribution is -2.41. The predicted molar refractivity (Wildman–Crippen MR) is 73.7 cm³/mol. The van der Waals surface area contributed by atoms with Crippen LogP contribution in [0.5, 0.6) is 0 Å². The summed E-state index contributed by atoms with van der Waals surface area (Å²) in [5.41, 5.74) is -1.10. The van der Waals surface area contributed by atoms with Crippen LogP contribution in [0.2, 0.25) is 0 Å². The molecule has 21 heavy (non-hydrogen) atoms. The van der Waals surface area contributed by atoms with Crippen molar-refractivity contribution in [1.82, 2.24) is 14.9 Å². The van der Waals surface area contributed by atoms with Crippen LogP contribution in [-0.2, 0) is 15.6 Å². The molecule has 0 aliphatic carbocycles. The van der Waals surface area contributed by atoms with E-state index in [2.05, 4.69) is 14.9 Å². The van der Waals surface area contributed by atoms with E-state index in [-0.39, 0.29) is 15.6 Å². The molecule has 0 radical (unpaired) electrons. The number of rotatable bonds is 5. The van der Waals surface area contributed by atoms with Crippen molar-refractivity contribution >= 4 is 27.3 Å². The summed E-state index contributed by atoms with van der Waals surface area (Å²) < 4.78 is 31.8. The van der Waals surface area contributed by atoms with Gasteiger partial charge < -0.3 is 9.63 Å². The van der Waals surface area contributed by atoms with Gasteiger partial charge in [0.05, 0.1) is 10.4 Å². The summed E-state index contributed by atoms with van der Waals surface area (Å²) in [6.07, 6.45) is 0. The lowest BCUT2D eigenvalue weighted by atomic mass is 10.1. The first-order chi connectivity index (χ1) is 9.62. The van der Waals surface area contributed by atoms with Gasteiger partial charge in [-0.05, 0) is 19.9 Å². The van der Waals surface area contributed by atoms with E-state index in [0.717, 1.165) is 17.4 Å². The largest absolute Gasteiger partial charge is 0.477 e. The van der Waals surface area contributed by atoms with E-state index >= 15 is 0 Å². The van der Waals surface area contributed by atoms with Crippen LogP contribution in [0.3, 0.4) is 0 Å². The number of carbonyl (C=O) groups is 1. The molecule has 0 bridgehead atoms. The number of nitrogens with one attached hydrogen (secondary N) is 1. The normalized spacial score (nSPS) is 12.5. The maximum atomic E-state index is 12.3. The highest BCUT2D eigenvalue weighted by molar-refractivity contribution is 7.89. The number of aromatic carboxylic acids is 1. The van der Waals surface area contributed by atoms with Crippen LogP contribution in [0, 0.1) is 6.92 Å². The van der Waals surface area contributed by atoms with Gasteiger partial charge in [-0.2, -0.15) is 9.71 Å². The molecule has 2 N–H and O–H groups in total. The van der Waals surface area contributed by atoms with Gasteiger partial charge >= 0.3 is 5.97 Å². The number of aromatic nitrogens is 2. The second-order valence-corrected chi connectivity index (χ2v) is 7.41. The van der Waals surface area contributed by atoms with Crippen molar-refractivity contribution in [3.8, 4) is 0 Å². The Bertz CT molecular complexity index is 775. The molecule has 114 valence electrons. The minimum atomic E-state index is -3.89. The van der Waals surface area contributed by atoms with Gasteiger partial charge in [0, 0.05) is 12.3 Å². The summed E-state index contributed by atoms with van der Waals surface area (Å²) in [4.78, 5) is 14.6. The number of hydrogen-bond acceptors (Lipinski definition) is 7. The van der Waals surface area contributed by atoms with Crippen LogP contribution in [0.4, 0.5) is 0 Å². The van der Waals surface area contributed by atoms with Gasteiger partial charge in [0.15, 0.2) is 5.82 Å². The standard InChI is InChI=1S/C11H13N3O5S2/c1-6-12-10(13-19-6)11(2,3)14-21(17,18)7-4-8(9(15)16)20-5-7/h4-5,14H,1-3H3,(H,15,16). The summed E-state index contributed by atoms with van der Waals surface area (Å²) in [7, 11) is -3.89. The van der Waals surface area contributed by atoms with Crippen molar-refractivity contribution in [2.24, 2.45) is 0 Å². The summed E-state index contributed by atoms with van der Waals surface area (Å²) in [6, 6.07) is 1.10. The predicted octanol–water partition coefficient (Wildman–Crippen LogP) is 1.35. The third-order valence-corrected chi connectivity index (χ3v) is 5.28. The molecular formula is C11H13N3O5S2. The van der Waals surface area contributed by atoms with Gasteiger partial charge in [-0.1, -0.05) is 5.16 Å². The summed E-state index contributed by atoms with van der Waals surface area (Å²) in [6.45, 7) is 4.76. The Morgan fingerprint density at radius 2 is 2.14 bits per heavy atom. The highest BCUT2D eigenvalue weighted by Gasteiger charge is 2.32. The third-order valence-electron chi connectivity index (χ3n) is 2.57. The van der Waals surface area contributed by atoms with Crippen molar-refractivity contribution in [1.29, 1.82) is 0 Å². The van der Waals surface area contributed by atoms with Crippen LogP contribution >= 0.6 is 11.3 Å². The monoisotopic (exact) mass is 331 g/mol. The highest BCUT2D eigenvalue weighted by Crippen LogP contribution is 2.24. The fourth-order valence-electron chi connectivity index (χ4n) is 1.57. The molecule has 8 nitrogen and oxygen atoms in total. The molecule has 0 atom stereocenters. The molecule has 0 aromatic carbocycles. The molecule has 0 fully saturated rings. The van der Waals surface area contributed by atoms with Crippen LogP contribution in [-0.4, -0.2) is 29.6 Å². The zero-order chi connectivity index (χ0) is 15.8. The van der Waals surface area contributed by atoms with Crippen molar-refractivity contribution in [2.75, 3.05) is 0 Å². The maximum Gasteiger partial charge on any atom is 0.345 e. The minimum Gasteiger partial charge on any atom is -0.477 e. The molecule has 0 aliphatic rings. The second-order valence-electron chi connectivity index (χ2n) is 4.82. The summed E-state index contributed by atoms with van der Waals surface area (Å²) in [5.74, 6) is -0.660. The molecule has 0 amide bonds. The third kappa shape index (κ3) is 3.28. The summed E-state index contributed by atoms with van der Waals surface area (Å²) in [5, 5.41) is 13.8. The number of aryl methyl sites for hydroxylation is 1. The smallest absolute Gasteiger partial charge is 0.345 e. The van der Waals surface area contributed by atoms with E-state index in [1.807, 2.05) is 0 Å². The van der Waals surface area contributed by atoms with E-state index in [9.17, 15) is 13.2 Å². The van der Waals surface area contributed by atoms with E-state index in [1.165, 1.54) is 5.38 Å². The van der Waals surface area contributed by atoms with Gasteiger partial charge in [-0.15, -0.1) is 11.3 Å². The first kappa shape index (κ1) is 15.6. The Balaban J connectivity index is 2.29. The molecule has 2 aromatic rings. The molecule has 0 unspecified atom stereocenters.